The molecule has 1 amide bonds. The number of nitrogens with one attached hydrogen (secondary N) is 1. The number of ketones is 2. The molecule has 198 valence electrons. The summed E-state index contributed by atoms with van der Waals surface area (Å²) in [5.41, 5.74) is 2.25. The number of rotatable bonds is 11. The number of carbonyl (C=O) groups excluding carboxylic acids is 3. The third-order valence-electron chi connectivity index (χ3n) is 6.43. The minimum Gasteiger partial charge on any atom is -0.489 e. The van der Waals surface area contributed by atoms with Crippen molar-refractivity contribution in [2.75, 3.05) is 5.32 Å². The number of carbonyl (C=O) groups is 3. The van der Waals surface area contributed by atoms with Gasteiger partial charge in [0.2, 0.25) is 5.91 Å². The van der Waals surface area contributed by atoms with Crippen molar-refractivity contribution in [1.82, 2.24) is 0 Å². The lowest BCUT2D eigenvalue weighted by Crippen LogP contribution is -2.40. The molecule has 0 radical (unpaired) electrons. The summed E-state index contributed by atoms with van der Waals surface area (Å²) < 4.78 is 19.4. The number of amides is 1. The fourth-order valence-corrected chi connectivity index (χ4v) is 4.35. The standard InChI is InChI=1S/C33H30FNO4/c1-22(2)31(36)30(29(24-11-7-4-8-12-24)32(37)25-13-15-26(34)16-14-25)33(38)35-27-17-19-28(20-18-27)39-21-23-9-5-3-6-10-23/h3-20,22,29-30H,21H2,1-2H3,(H,35,38)/t29-,30-/m1/s1. The molecule has 4 rings (SSSR count). The van der Waals surface area contributed by atoms with Crippen molar-refractivity contribution in [1.29, 1.82) is 0 Å². The van der Waals surface area contributed by atoms with Gasteiger partial charge in [-0.05, 0) is 59.7 Å². The molecule has 0 saturated heterocycles. The molecule has 5 nitrogen and oxygen atoms in total. The molecule has 6 heteroatoms. The number of hydrogen-bond acceptors (Lipinski definition) is 4. The topological polar surface area (TPSA) is 72.5 Å². The van der Waals surface area contributed by atoms with Crippen molar-refractivity contribution >= 4 is 23.2 Å². The second-order valence-electron chi connectivity index (χ2n) is 9.58. The molecule has 0 unspecified atom stereocenters. The van der Waals surface area contributed by atoms with Gasteiger partial charge in [0.1, 0.15) is 29.9 Å². The van der Waals surface area contributed by atoms with Gasteiger partial charge in [-0.15, -0.1) is 0 Å². The minimum absolute atomic E-state index is 0.222. The SMILES string of the molecule is CC(C)C(=O)[C@H](C(=O)Nc1ccc(OCc2ccccc2)cc1)[C@H](C(=O)c1ccc(F)cc1)c1ccccc1. The van der Waals surface area contributed by atoms with Gasteiger partial charge in [0.15, 0.2) is 5.78 Å². The van der Waals surface area contributed by atoms with E-state index in [-0.39, 0.29) is 11.3 Å². The third kappa shape index (κ3) is 7.05. The molecular formula is C33H30FNO4. The Morgan fingerprint density at radius 1 is 0.769 bits per heavy atom. The van der Waals surface area contributed by atoms with E-state index in [4.69, 9.17) is 4.74 Å². The van der Waals surface area contributed by atoms with E-state index in [9.17, 15) is 18.8 Å². The fraction of sp³-hybridized carbons (Fsp3) is 0.182. The molecule has 2 atom stereocenters. The van der Waals surface area contributed by atoms with E-state index < -0.39 is 35.3 Å². The molecule has 1 N–H and O–H groups in total. The Morgan fingerprint density at radius 3 is 1.95 bits per heavy atom. The van der Waals surface area contributed by atoms with E-state index >= 15 is 0 Å². The molecule has 39 heavy (non-hydrogen) atoms. The first-order valence-corrected chi connectivity index (χ1v) is 12.8. The second-order valence-corrected chi connectivity index (χ2v) is 9.58. The molecule has 0 aliphatic rings. The number of Topliss-reactive ketones (excluding diaryl/α,β-unsaturated/α-hetero) is 2. The predicted molar refractivity (Wildman–Crippen MR) is 149 cm³/mol. The first-order chi connectivity index (χ1) is 18.8. The average molecular weight is 524 g/mol. The highest BCUT2D eigenvalue weighted by Gasteiger charge is 2.41. The Bertz CT molecular complexity index is 1400. The van der Waals surface area contributed by atoms with Crippen LogP contribution < -0.4 is 10.1 Å². The fourth-order valence-electron chi connectivity index (χ4n) is 4.35. The van der Waals surface area contributed by atoms with Crippen molar-refractivity contribution in [2.45, 2.75) is 26.4 Å². The normalized spacial score (nSPS) is 12.4. The van der Waals surface area contributed by atoms with Gasteiger partial charge in [-0.1, -0.05) is 74.5 Å². The summed E-state index contributed by atoms with van der Waals surface area (Å²) >= 11 is 0. The summed E-state index contributed by atoms with van der Waals surface area (Å²) in [6, 6.07) is 30.5. The molecule has 0 saturated carbocycles. The van der Waals surface area contributed by atoms with Crippen LogP contribution in [-0.2, 0) is 16.2 Å². The molecular weight excluding hydrogens is 493 g/mol. The summed E-state index contributed by atoms with van der Waals surface area (Å²) in [6.45, 7) is 3.81. The largest absolute Gasteiger partial charge is 0.489 e. The highest BCUT2D eigenvalue weighted by Crippen LogP contribution is 2.33. The van der Waals surface area contributed by atoms with Crippen LogP contribution in [0.1, 0.15) is 41.3 Å². The first-order valence-electron chi connectivity index (χ1n) is 12.8. The quantitative estimate of drug-likeness (QED) is 0.172. The summed E-state index contributed by atoms with van der Waals surface area (Å²) in [5.74, 6) is -4.11. The first kappa shape index (κ1) is 27.5. The Morgan fingerprint density at radius 2 is 1.36 bits per heavy atom. The van der Waals surface area contributed by atoms with Crippen molar-refractivity contribution in [3.63, 3.8) is 0 Å². The smallest absolute Gasteiger partial charge is 0.236 e. The van der Waals surface area contributed by atoms with Crippen LogP contribution >= 0.6 is 0 Å². The van der Waals surface area contributed by atoms with E-state index in [1.807, 2.05) is 30.3 Å². The number of anilines is 1. The molecule has 4 aromatic rings. The lowest BCUT2D eigenvalue weighted by molar-refractivity contribution is -0.133. The summed E-state index contributed by atoms with van der Waals surface area (Å²) in [4.78, 5) is 40.9. The zero-order valence-electron chi connectivity index (χ0n) is 21.8. The zero-order valence-corrected chi connectivity index (χ0v) is 21.8. The van der Waals surface area contributed by atoms with E-state index in [1.54, 1.807) is 68.4 Å². The lowest BCUT2D eigenvalue weighted by atomic mass is 9.75. The number of hydrogen-bond donors (Lipinski definition) is 1. The summed E-state index contributed by atoms with van der Waals surface area (Å²) in [5, 5.41) is 2.82. The van der Waals surface area contributed by atoms with Crippen LogP contribution in [0, 0.1) is 17.7 Å². The maximum Gasteiger partial charge on any atom is 0.236 e. The Hall–Kier alpha value is -4.58. The number of benzene rings is 4. The molecule has 0 aromatic heterocycles. The lowest BCUT2D eigenvalue weighted by Gasteiger charge is -2.26. The van der Waals surface area contributed by atoms with Crippen molar-refractivity contribution < 1.29 is 23.5 Å². The van der Waals surface area contributed by atoms with E-state index in [0.717, 1.165) is 5.56 Å². The second kappa shape index (κ2) is 12.8. The van der Waals surface area contributed by atoms with Crippen LogP contribution in [-0.4, -0.2) is 17.5 Å². The van der Waals surface area contributed by atoms with Crippen LogP contribution in [0.2, 0.25) is 0 Å². The van der Waals surface area contributed by atoms with Crippen LogP contribution in [0.15, 0.2) is 109 Å². The van der Waals surface area contributed by atoms with E-state index in [2.05, 4.69) is 5.32 Å². The minimum atomic E-state index is -1.29. The van der Waals surface area contributed by atoms with Gasteiger partial charge in [0.25, 0.3) is 0 Å². The zero-order chi connectivity index (χ0) is 27.8. The van der Waals surface area contributed by atoms with Crippen molar-refractivity contribution in [3.8, 4) is 5.75 Å². The highest BCUT2D eigenvalue weighted by molar-refractivity contribution is 6.14. The van der Waals surface area contributed by atoms with Crippen molar-refractivity contribution in [2.24, 2.45) is 11.8 Å². The third-order valence-corrected chi connectivity index (χ3v) is 6.43. The van der Waals surface area contributed by atoms with Crippen LogP contribution in [0.25, 0.3) is 0 Å². The van der Waals surface area contributed by atoms with Crippen molar-refractivity contribution in [3.05, 3.63) is 132 Å². The van der Waals surface area contributed by atoms with Gasteiger partial charge in [-0.3, -0.25) is 14.4 Å². The Balaban J connectivity index is 1.60. The van der Waals surface area contributed by atoms with Gasteiger partial charge < -0.3 is 10.1 Å². The van der Waals surface area contributed by atoms with Crippen LogP contribution in [0.5, 0.6) is 5.75 Å². The molecule has 0 fully saturated rings. The Labute approximate surface area is 227 Å². The number of ether oxygens (including phenoxy) is 1. The Kier molecular flexibility index (Phi) is 9.00. The highest BCUT2D eigenvalue weighted by atomic mass is 19.1. The molecule has 4 aromatic carbocycles. The van der Waals surface area contributed by atoms with Gasteiger partial charge in [-0.25, -0.2) is 4.39 Å². The summed E-state index contributed by atoms with van der Waals surface area (Å²) in [7, 11) is 0. The van der Waals surface area contributed by atoms with Gasteiger partial charge in [-0.2, -0.15) is 0 Å². The van der Waals surface area contributed by atoms with Gasteiger partial charge in [0, 0.05) is 17.2 Å². The molecule has 0 heterocycles. The monoisotopic (exact) mass is 523 g/mol. The van der Waals surface area contributed by atoms with Crippen LogP contribution in [0.3, 0.4) is 0 Å². The average Bonchev–Trinajstić information content (AvgIpc) is 2.96. The van der Waals surface area contributed by atoms with Gasteiger partial charge >= 0.3 is 0 Å². The van der Waals surface area contributed by atoms with Crippen LogP contribution in [0.4, 0.5) is 10.1 Å². The maximum atomic E-state index is 13.7. The maximum absolute atomic E-state index is 13.7. The summed E-state index contributed by atoms with van der Waals surface area (Å²) in [6.07, 6.45) is 0. The predicted octanol–water partition coefficient (Wildman–Crippen LogP) is 6.85. The van der Waals surface area contributed by atoms with E-state index in [1.165, 1.54) is 24.3 Å². The molecule has 0 spiro atoms. The molecule has 0 bridgehead atoms. The number of halogens is 1. The van der Waals surface area contributed by atoms with Gasteiger partial charge in [0.05, 0.1) is 5.92 Å². The molecule has 0 aliphatic carbocycles. The van der Waals surface area contributed by atoms with E-state index in [0.29, 0.717) is 23.6 Å². The molecule has 0 aliphatic heterocycles.